The number of nitrogens with zero attached hydrogens (tertiary/aromatic N) is 2. The molecule has 3 aromatic heterocycles. The molecule has 0 unspecified atom stereocenters. The molecule has 8 aromatic carbocycles. The van der Waals surface area contributed by atoms with Crippen LogP contribution in [-0.2, 0) is 0 Å². The van der Waals surface area contributed by atoms with Crippen molar-refractivity contribution >= 4 is 75.1 Å². The van der Waals surface area contributed by atoms with E-state index in [0.717, 1.165) is 0 Å². The number of rotatable bonds is 4. The summed E-state index contributed by atoms with van der Waals surface area (Å²) in [6, 6.07) is 66.5. The zero-order valence-corrected chi connectivity index (χ0v) is 30.4. The van der Waals surface area contributed by atoms with Crippen molar-refractivity contribution in [3.05, 3.63) is 182 Å². The van der Waals surface area contributed by atoms with Crippen LogP contribution in [0, 0.1) is 0 Å². The first-order valence-electron chi connectivity index (χ1n) is 18.4. The third-order valence-electron chi connectivity index (χ3n) is 10.5. The molecule has 0 atom stereocenters. The van der Waals surface area contributed by atoms with E-state index in [2.05, 4.69) is 191 Å². The second kappa shape index (κ2) is 12.7. The number of hydrogen-bond acceptors (Lipinski definition) is 1. The maximum Gasteiger partial charge on any atom is 0.0640 e. The van der Waals surface area contributed by atoms with E-state index in [-0.39, 0.29) is 0 Å². The number of aromatic nitrogens is 2. The molecule has 0 fully saturated rings. The minimum Gasteiger partial charge on any atom is -0.309 e. The number of para-hydroxylation sites is 3. The minimum atomic E-state index is 1.18. The van der Waals surface area contributed by atoms with Crippen molar-refractivity contribution < 1.29 is 0 Å². The topological polar surface area (TPSA) is 9.86 Å². The second-order valence-electron chi connectivity index (χ2n) is 13.3. The van der Waals surface area contributed by atoms with E-state index < -0.39 is 0 Å². The van der Waals surface area contributed by atoms with Crippen LogP contribution in [0.1, 0.15) is 13.8 Å². The molecule has 11 aromatic rings. The Morgan fingerprint density at radius 1 is 0.340 bits per heavy atom. The number of fused-ring (bicyclic) bond motifs is 9. The molecule has 252 valence electrons. The molecule has 0 amide bonds. The van der Waals surface area contributed by atoms with E-state index in [1.54, 1.807) is 0 Å². The summed E-state index contributed by atoms with van der Waals surface area (Å²) in [7, 11) is 0. The quantitative estimate of drug-likeness (QED) is 0.173. The van der Waals surface area contributed by atoms with Crippen LogP contribution < -0.4 is 0 Å². The van der Waals surface area contributed by atoms with Crippen LogP contribution >= 0.6 is 11.3 Å². The van der Waals surface area contributed by atoms with Gasteiger partial charge in [0, 0.05) is 42.7 Å². The van der Waals surface area contributed by atoms with Crippen molar-refractivity contribution in [2.75, 3.05) is 0 Å². The maximum atomic E-state index is 2.47. The molecule has 0 bridgehead atoms. The van der Waals surface area contributed by atoms with E-state index in [4.69, 9.17) is 0 Å². The molecule has 0 saturated heterocycles. The molecule has 0 spiro atoms. The van der Waals surface area contributed by atoms with Crippen molar-refractivity contribution in [2.24, 2.45) is 0 Å². The number of hydrogen-bond donors (Lipinski definition) is 0. The van der Waals surface area contributed by atoms with Crippen LogP contribution in [0.2, 0.25) is 0 Å². The largest absolute Gasteiger partial charge is 0.309 e. The second-order valence-corrected chi connectivity index (χ2v) is 14.3. The Morgan fingerprint density at radius 3 is 1.57 bits per heavy atom. The van der Waals surface area contributed by atoms with E-state index in [1.807, 2.05) is 25.2 Å². The molecule has 0 aliphatic rings. The average molecular weight is 697 g/mol. The van der Waals surface area contributed by atoms with E-state index >= 15 is 0 Å². The summed E-state index contributed by atoms with van der Waals surface area (Å²) in [5, 5.41) is 7.67. The predicted molar refractivity (Wildman–Crippen MR) is 230 cm³/mol. The standard InChI is InChI=1S/C48H30N2S.C2H6/c1-3-13-31(14-4-1)32-25-27-45-40(29-32)37-18-8-10-23-43(37)50(45)46-24-12-21-39-38-20-11-19-35(47(38)51-48(39)46)33-26-28-44-41(30-33)36-17-7-9-22-42(36)49(44)34-15-5-2-6-16-34;1-2/h1-30H;1-2H3. The number of thiophene rings is 1. The van der Waals surface area contributed by atoms with Gasteiger partial charge in [-0.25, -0.2) is 0 Å². The SMILES string of the molecule is CC.c1ccc(-c2ccc3c(c2)c2ccccc2n3-c2cccc3c2sc2c(-c4ccc5c(c4)c4ccccc4n5-c4ccccc4)cccc23)cc1. The molecule has 11 rings (SSSR count). The zero-order chi connectivity index (χ0) is 35.5. The monoisotopic (exact) mass is 696 g/mol. The van der Waals surface area contributed by atoms with Crippen LogP contribution in [0.3, 0.4) is 0 Å². The first-order valence-corrected chi connectivity index (χ1v) is 19.3. The molecule has 0 saturated carbocycles. The summed E-state index contributed by atoms with van der Waals surface area (Å²) in [6.07, 6.45) is 0. The fraction of sp³-hybridized carbons (Fsp3) is 0.0400. The first kappa shape index (κ1) is 31.3. The zero-order valence-electron chi connectivity index (χ0n) is 29.6. The summed E-state index contributed by atoms with van der Waals surface area (Å²) in [5.74, 6) is 0. The third kappa shape index (κ3) is 4.85. The first-order chi connectivity index (χ1) is 26.3. The van der Waals surface area contributed by atoms with Gasteiger partial charge in [0.1, 0.15) is 0 Å². The highest BCUT2D eigenvalue weighted by Crippen LogP contribution is 2.45. The lowest BCUT2D eigenvalue weighted by Gasteiger charge is -2.10. The molecular formula is C50H36N2S. The lowest BCUT2D eigenvalue weighted by Crippen LogP contribution is -1.93. The van der Waals surface area contributed by atoms with Gasteiger partial charge in [-0.1, -0.05) is 141 Å². The summed E-state index contributed by atoms with van der Waals surface area (Å²) in [5.41, 5.74) is 12.3. The van der Waals surface area contributed by atoms with Gasteiger partial charge in [-0.2, -0.15) is 0 Å². The molecule has 3 heterocycles. The highest BCUT2D eigenvalue weighted by Gasteiger charge is 2.19. The molecule has 0 N–H and O–H groups in total. The van der Waals surface area contributed by atoms with Crippen LogP contribution in [0.5, 0.6) is 0 Å². The van der Waals surface area contributed by atoms with Gasteiger partial charge in [-0.15, -0.1) is 11.3 Å². The van der Waals surface area contributed by atoms with Gasteiger partial charge in [0.25, 0.3) is 0 Å². The Kier molecular flexibility index (Phi) is 7.48. The summed E-state index contributed by atoms with van der Waals surface area (Å²) in [6.45, 7) is 4.00. The average Bonchev–Trinajstić information content (AvgIpc) is 3.90. The molecule has 3 heteroatoms. The van der Waals surface area contributed by atoms with E-state index in [1.165, 1.54) is 97.4 Å². The minimum absolute atomic E-state index is 1.18. The van der Waals surface area contributed by atoms with Gasteiger partial charge in [0.2, 0.25) is 0 Å². The van der Waals surface area contributed by atoms with Crippen molar-refractivity contribution in [1.82, 2.24) is 9.13 Å². The Hall–Kier alpha value is -6.42. The van der Waals surface area contributed by atoms with Crippen molar-refractivity contribution in [2.45, 2.75) is 13.8 Å². The fourth-order valence-corrected chi connectivity index (χ4v) is 9.59. The van der Waals surface area contributed by atoms with Crippen molar-refractivity contribution in [1.29, 1.82) is 0 Å². The van der Waals surface area contributed by atoms with Gasteiger partial charge in [0.15, 0.2) is 0 Å². The molecule has 0 radical (unpaired) electrons. The summed E-state index contributed by atoms with van der Waals surface area (Å²) < 4.78 is 7.48. The Labute approximate surface area is 312 Å². The highest BCUT2D eigenvalue weighted by molar-refractivity contribution is 7.26. The Balaban J connectivity index is 0.00000172. The Bertz CT molecular complexity index is 3130. The van der Waals surface area contributed by atoms with Crippen LogP contribution in [0.15, 0.2) is 182 Å². The van der Waals surface area contributed by atoms with Crippen molar-refractivity contribution in [3.63, 3.8) is 0 Å². The van der Waals surface area contributed by atoms with Gasteiger partial charge in [0.05, 0.1) is 32.5 Å². The maximum absolute atomic E-state index is 2.47. The summed E-state index contributed by atoms with van der Waals surface area (Å²) >= 11 is 1.91. The smallest absolute Gasteiger partial charge is 0.0640 e. The van der Waals surface area contributed by atoms with Crippen LogP contribution in [0.4, 0.5) is 0 Å². The Morgan fingerprint density at radius 2 is 0.849 bits per heavy atom. The normalized spacial score (nSPS) is 11.6. The van der Waals surface area contributed by atoms with Gasteiger partial charge >= 0.3 is 0 Å². The highest BCUT2D eigenvalue weighted by atomic mass is 32.1. The molecular weight excluding hydrogens is 661 g/mol. The van der Waals surface area contributed by atoms with Crippen LogP contribution in [0.25, 0.3) is 97.4 Å². The van der Waals surface area contributed by atoms with Gasteiger partial charge in [-0.05, 0) is 76.9 Å². The lowest BCUT2D eigenvalue weighted by atomic mass is 10.0. The molecule has 0 aliphatic heterocycles. The molecule has 53 heavy (non-hydrogen) atoms. The van der Waals surface area contributed by atoms with Crippen molar-refractivity contribution in [3.8, 4) is 33.6 Å². The van der Waals surface area contributed by atoms with Gasteiger partial charge < -0.3 is 9.13 Å². The lowest BCUT2D eigenvalue weighted by molar-refractivity contribution is 1.18. The predicted octanol–water partition coefficient (Wildman–Crippen LogP) is 14.6. The van der Waals surface area contributed by atoms with E-state index in [9.17, 15) is 0 Å². The fourth-order valence-electron chi connectivity index (χ4n) is 8.25. The molecule has 0 aliphatic carbocycles. The third-order valence-corrected chi connectivity index (χ3v) is 11.8. The van der Waals surface area contributed by atoms with Crippen LogP contribution in [-0.4, -0.2) is 9.13 Å². The van der Waals surface area contributed by atoms with E-state index in [0.29, 0.717) is 0 Å². The summed E-state index contributed by atoms with van der Waals surface area (Å²) in [4.78, 5) is 0. The molecule has 2 nitrogen and oxygen atoms in total. The number of benzene rings is 8. The van der Waals surface area contributed by atoms with Gasteiger partial charge in [-0.3, -0.25) is 0 Å².